The summed E-state index contributed by atoms with van der Waals surface area (Å²) >= 11 is 0. The van der Waals surface area contributed by atoms with E-state index in [2.05, 4.69) is 26.2 Å². The Kier molecular flexibility index (Phi) is 7.51. The zero-order chi connectivity index (χ0) is 28.6. The standard InChI is InChI=1S/C27H27F3N6O2S/c1-6-39(38,7-2)35-21-12-19(29)17(11-20(21)30)22-23-25(31)32-13-33-26(23)36(5)24(22)16-9-8-15(10-18(16)28)34-27(37)14(3)4/h8-13H,3,6-7H2,1-2,4-5H3,(H,34,37)(H2,31,32,33). The third-order valence-electron chi connectivity index (χ3n) is 6.34. The van der Waals surface area contributed by atoms with E-state index in [1.54, 1.807) is 20.9 Å². The van der Waals surface area contributed by atoms with Crippen molar-refractivity contribution in [2.24, 2.45) is 11.4 Å². The first-order valence-electron chi connectivity index (χ1n) is 12.0. The molecule has 0 fully saturated rings. The van der Waals surface area contributed by atoms with Crippen molar-refractivity contribution in [3.63, 3.8) is 0 Å². The fourth-order valence-electron chi connectivity index (χ4n) is 4.19. The smallest absolute Gasteiger partial charge is 0.250 e. The van der Waals surface area contributed by atoms with Crippen LogP contribution in [-0.4, -0.2) is 36.2 Å². The van der Waals surface area contributed by atoms with Crippen LogP contribution >= 0.6 is 0 Å². The van der Waals surface area contributed by atoms with E-state index >= 15 is 13.2 Å². The van der Waals surface area contributed by atoms with Gasteiger partial charge in [-0.15, -0.1) is 0 Å². The highest BCUT2D eigenvalue weighted by molar-refractivity contribution is 7.93. The Morgan fingerprint density at radius 3 is 2.36 bits per heavy atom. The molecule has 0 aliphatic rings. The van der Waals surface area contributed by atoms with E-state index in [0.717, 1.165) is 18.2 Å². The molecular formula is C27H27F3N6O2S. The highest BCUT2D eigenvalue weighted by atomic mass is 32.2. The van der Waals surface area contributed by atoms with Gasteiger partial charge in [0.2, 0.25) is 0 Å². The topological polar surface area (TPSA) is 115 Å². The second kappa shape index (κ2) is 10.5. The molecule has 12 heteroatoms. The van der Waals surface area contributed by atoms with Gasteiger partial charge in [0.1, 0.15) is 40.9 Å². The predicted octanol–water partition coefficient (Wildman–Crippen LogP) is 5.96. The van der Waals surface area contributed by atoms with Crippen LogP contribution in [0.4, 0.5) is 30.4 Å². The van der Waals surface area contributed by atoms with E-state index in [4.69, 9.17) is 5.73 Å². The van der Waals surface area contributed by atoms with Gasteiger partial charge < -0.3 is 15.6 Å². The van der Waals surface area contributed by atoms with Crippen LogP contribution in [0.5, 0.6) is 0 Å². The van der Waals surface area contributed by atoms with Crippen LogP contribution in [0.3, 0.4) is 0 Å². The minimum Gasteiger partial charge on any atom is -0.383 e. The first-order chi connectivity index (χ1) is 18.4. The van der Waals surface area contributed by atoms with Gasteiger partial charge in [-0.05, 0) is 31.2 Å². The fourth-order valence-corrected chi connectivity index (χ4v) is 5.35. The maximum absolute atomic E-state index is 15.7. The highest BCUT2D eigenvalue weighted by Crippen LogP contribution is 2.44. The van der Waals surface area contributed by atoms with E-state index < -0.39 is 33.1 Å². The van der Waals surface area contributed by atoms with Crippen molar-refractivity contribution in [2.45, 2.75) is 20.8 Å². The number of hydrogen-bond acceptors (Lipinski definition) is 6. The summed E-state index contributed by atoms with van der Waals surface area (Å²) in [6.07, 6.45) is 1.21. The zero-order valence-corrected chi connectivity index (χ0v) is 22.6. The maximum atomic E-state index is 15.7. The molecule has 1 amide bonds. The van der Waals surface area contributed by atoms with E-state index in [-0.39, 0.29) is 67.7 Å². The minimum absolute atomic E-state index is 0.0174. The number of nitrogen functional groups attached to an aromatic ring is 1. The number of fused-ring (bicyclic) bond motifs is 1. The molecule has 0 bridgehead atoms. The SMILES string of the molecule is C=C(C)C(=O)Nc1ccc(-c2c(-c3cc(F)c(N=S(=O)(CC)CC)cc3F)c3c(N)ncnc3n2C)c(F)c1. The Bertz CT molecular complexity index is 1760. The fraction of sp³-hybridized carbons (Fsp3) is 0.222. The van der Waals surface area contributed by atoms with Gasteiger partial charge in [-0.25, -0.2) is 27.3 Å². The van der Waals surface area contributed by atoms with Gasteiger partial charge in [-0.1, -0.05) is 20.4 Å². The molecule has 4 rings (SSSR count). The summed E-state index contributed by atoms with van der Waals surface area (Å²) in [6, 6.07) is 5.77. The Morgan fingerprint density at radius 1 is 1.08 bits per heavy atom. The van der Waals surface area contributed by atoms with Crippen LogP contribution in [0.15, 0.2) is 53.2 Å². The molecule has 2 aromatic carbocycles. The average molecular weight is 557 g/mol. The molecule has 0 radical (unpaired) electrons. The van der Waals surface area contributed by atoms with E-state index in [1.165, 1.54) is 30.0 Å². The van der Waals surface area contributed by atoms with Crippen molar-refractivity contribution in [1.82, 2.24) is 14.5 Å². The number of amides is 1. The van der Waals surface area contributed by atoms with Crippen molar-refractivity contribution in [3.8, 4) is 22.4 Å². The lowest BCUT2D eigenvalue weighted by molar-refractivity contribution is -0.112. The molecule has 2 heterocycles. The number of benzene rings is 2. The van der Waals surface area contributed by atoms with Crippen LogP contribution in [0.2, 0.25) is 0 Å². The van der Waals surface area contributed by atoms with Gasteiger partial charge in [0.15, 0.2) is 0 Å². The lowest BCUT2D eigenvalue weighted by atomic mass is 9.97. The monoisotopic (exact) mass is 556 g/mol. The molecule has 204 valence electrons. The number of aromatic nitrogens is 3. The number of nitrogens with zero attached hydrogens (tertiary/aromatic N) is 4. The number of aryl methyl sites for hydroxylation is 1. The molecule has 4 aromatic rings. The van der Waals surface area contributed by atoms with E-state index in [1.807, 2.05) is 0 Å². The number of carbonyl (C=O) groups is 1. The lowest BCUT2D eigenvalue weighted by Gasteiger charge is -2.13. The van der Waals surface area contributed by atoms with Crippen molar-refractivity contribution >= 4 is 43.9 Å². The second-order valence-corrected chi connectivity index (χ2v) is 11.8. The summed E-state index contributed by atoms with van der Waals surface area (Å²) in [5.41, 5.74) is 6.48. The molecular weight excluding hydrogens is 529 g/mol. The van der Waals surface area contributed by atoms with Crippen molar-refractivity contribution < 1.29 is 22.2 Å². The summed E-state index contributed by atoms with van der Waals surface area (Å²) < 4.78 is 64.8. The van der Waals surface area contributed by atoms with Crippen LogP contribution in [0, 0.1) is 17.5 Å². The number of anilines is 2. The maximum Gasteiger partial charge on any atom is 0.250 e. The molecule has 0 saturated heterocycles. The van der Waals surface area contributed by atoms with Gasteiger partial charge in [-0.2, -0.15) is 4.36 Å². The first kappa shape index (κ1) is 27.8. The number of nitrogens with two attached hydrogens (primary N) is 1. The van der Waals surface area contributed by atoms with Crippen LogP contribution in [-0.2, 0) is 21.6 Å². The molecule has 0 saturated carbocycles. The number of rotatable bonds is 7. The number of halogens is 3. The largest absolute Gasteiger partial charge is 0.383 e. The quantitative estimate of drug-likeness (QED) is 0.273. The predicted molar refractivity (Wildman–Crippen MR) is 148 cm³/mol. The van der Waals surface area contributed by atoms with Crippen LogP contribution < -0.4 is 11.1 Å². The number of nitrogens with one attached hydrogen (secondary N) is 1. The molecule has 0 spiro atoms. The third-order valence-corrected chi connectivity index (χ3v) is 8.67. The third kappa shape index (κ3) is 5.11. The molecule has 39 heavy (non-hydrogen) atoms. The van der Waals surface area contributed by atoms with Gasteiger partial charge >= 0.3 is 0 Å². The Morgan fingerprint density at radius 2 is 1.74 bits per heavy atom. The van der Waals surface area contributed by atoms with Crippen LogP contribution in [0.1, 0.15) is 20.8 Å². The Hall–Kier alpha value is -4.19. The summed E-state index contributed by atoms with van der Waals surface area (Å²) in [5.74, 6) is -2.67. The second-order valence-electron chi connectivity index (χ2n) is 8.89. The summed E-state index contributed by atoms with van der Waals surface area (Å²) in [4.78, 5) is 20.2. The lowest BCUT2D eigenvalue weighted by Crippen LogP contribution is -2.12. The first-order valence-corrected chi connectivity index (χ1v) is 13.8. The van der Waals surface area contributed by atoms with Crippen molar-refractivity contribution in [1.29, 1.82) is 0 Å². The van der Waals surface area contributed by atoms with Gasteiger partial charge in [0.25, 0.3) is 5.91 Å². The normalized spacial score (nSPS) is 11.6. The van der Waals surface area contributed by atoms with Crippen LogP contribution in [0.25, 0.3) is 33.4 Å². The molecule has 0 aliphatic heterocycles. The Labute approximate surface area is 224 Å². The molecule has 2 aromatic heterocycles. The molecule has 0 atom stereocenters. The van der Waals surface area contributed by atoms with Crippen molar-refractivity contribution in [3.05, 3.63) is 66.3 Å². The van der Waals surface area contributed by atoms with E-state index in [0.29, 0.717) is 0 Å². The summed E-state index contributed by atoms with van der Waals surface area (Å²) in [5, 5.41) is 2.73. The number of hydrogen-bond donors (Lipinski definition) is 2. The highest BCUT2D eigenvalue weighted by Gasteiger charge is 2.27. The summed E-state index contributed by atoms with van der Waals surface area (Å²) in [7, 11) is -1.17. The van der Waals surface area contributed by atoms with Gasteiger partial charge in [0, 0.05) is 52.6 Å². The Balaban J connectivity index is 2.00. The average Bonchev–Trinajstić information content (AvgIpc) is 3.19. The molecule has 0 unspecified atom stereocenters. The van der Waals surface area contributed by atoms with E-state index in [9.17, 15) is 9.00 Å². The van der Waals surface area contributed by atoms with Crippen molar-refractivity contribution in [2.75, 3.05) is 22.6 Å². The molecule has 3 N–H and O–H groups in total. The summed E-state index contributed by atoms with van der Waals surface area (Å²) in [6.45, 7) is 8.39. The molecule has 0 aliphatic carbocycles. The number of carbonyl (C=O) groups excluding carboxylic acids is 1. The van der Waals surface area contributed by atoms with Gasteiger partial charge in [-0.3, -0.25) is 4.79 Å². The zero-order valence-electron chi connectivity index (χ0n) is 21.8. The minimum atomic E-state index is -2.76. The van der Waals surface area contributed by atoms with Gasteiger partial charge in [0.05, 0.1) is 20.8 Å². The molecule has 8 nitrogen and oxygen atoms in total.